The molecule has 3 rings (SSSR count). The first-order valence-electron chi connectivity index (χ1n) is 10.3. The zero-order valence-corrected chi connectivity index (χ0v) is 17.9. The number of carbonyl (C=O) groups is 2. The lowest BCUT2D eigenvalue weighted by Crippen LogP contribution is -2.49. The number of aromatic nitrogens is 3. The number of pyridine rings is 1. The van der Waals surface area contributed by atoms with E-state index in [1.165, 1.54) is 4.90 Å². The molecule has 0 atom stereocenters. The molecule has 8 nitrogen and oxygen atoms in total. The van der Waals surface area contributed by atoms with E-state index < -0.39 is 23.2 Å². The normalized spacial score (nSPS) is 14.6. The number of hydrogen-bond donors (Lipinski definition) is 1. The van der Waals surface area contributed by atoms with E-state index in [0.29, 0.717) is 31.4 Å². The van der Waals surface area contributed by atoms with Crippen LogP contribution in [0.15, 0.2) is 30.6 Å². The number of halogens is 3. The highest BCUT2D eigenvalue weighted by Gasteiger charge is 2.36. The monoisotopic (exact) mass is 450 g/mol. The minimum absolute atomic E-state index is 0.211. The molecule has 0 saturated carbocycles. The molecule has 1 saturated heterocycles. The van der Waals surface area contributed by atoms with Gasteiger partial charge in [0.1, 0.15) is 0 Å². The van der Waals surface area contributed by atoms with Gasteiger partial charge in [-0.3, -0.25) is 14.6 Å². The van der Waals surface area contributed by atoms with Crippen molar-refractivity contribution in [3.8, 4) is 0 Å². The fourth-order valence-corrected chi connectivity index (χ4v) is 3.30. The smallest absolute Gasteiger partial charge is 0.352 e. The summed E-state index contributed by atoms with van der Waals surface area (Å²) in [5.41, 5.74) is -1.24. The Hall–Kier alpha value is -3.24. The van der Waals surface area contributed by atoms with Crippen LogP contribution in [0.4, 0.5) is 19.0 Å². The molecule has 0 radical (unpaired) electrons. The number of nitrogens with zero attached hydrogens (tertiary/aromatic N) is 5. The number of carbonyl (C=O) groups excluding carboxylic acids is 2. The first-order valence-corrected chi connectivity index (χ1v) is 10.3. The molecule has 2 amide bonds. The highest BCUT2D eigenvalue weighted by atomic mass is 19.4. The summed E-state index contributed by atoms with van der Waals surface area (Å²) in [6.45, 7) is 5.90. The molecule has 172 valence electrons. The Bertz CT molecular complexity index is 941. The van der Waals surface area contributed by atoms with E-state index in [2.05, 4.69) is 34.3 Å². The molecule has 32 heavy (non-hydrogen) atoms. The third-order valence-corrected chi connectivity index (χ3v) is 5.14. The lowest BCUT2D eigenvalue weighted by molar-refractivity contribution is -0.138. The lowest BCUT2D eigenvalue weighted by atomic mass is 10.1. The van der Waals surface area contributed by atoms with Crippen LogP contribution in [0.1, 0.15) is 46.7 Å². The van der Waals surface area contributed by atoms with E-state index in [4.69, 9.17) is 0 Å². The van der Waals surface area contributed by atoms with Crippen LogP contribution >= 0.6 is 0 Å². The Morgan fingerprint density at radius 1 is 1.09 bits per heavy atom. The maximum atomic E-state index is 13.2. The molecule has 0 spiro atoms. The SMILES string of the molecule is CC(C)CCNC(=O)c1ccc(N2CCN(C(=O)c3cnccc3C(F)(F)F)CC2)nn1. The van der Waals surface area contributed by atoms with Gasteiger partial charge in [-0.25, -0.2) is 0 Å². The van der Waals surface area contributed by atoms with Gasteiger partial charge in [-0.15, -0.1) is 10.2 Å². The van der Waals surface area contributed by atoms with Crippen LogP contribution in [-0.2, 0) is 6.18 Å². The van der Waals surface area contributed by atoms with Crippen molar-refractivity contribution in [2.24, 2.45) is 5.92 Å². The van der Waals surface area contributed by atoms with Gasteiger partial charge in [0.25, 0.3) is 11.8 Å². The van der Waals surface area contributed by atoms with Crippen molar-refractivity contribution in [3.63, 3.8) is 0 Å². The third-order valence-electron chi connectivity index (χ3n) is 5.14. The first-order chi connectivity index (χ1) is 15.2. The quantitative estimate of drug-likeness (QED) is 0.728. The highest BCUT2D eigenvalue weighted by molar-refractivity contribution is 5.95. The number of rotatable bonds is 6. The van der Waals surface area contributed by atoms with Crippen molar-refractivity contribution in [1.29, 1.82) is 0 Å². The molecular formula is C21H25F3N6O2. The van der Waals surface area contributed by atoms with Crippen molar-refractivity contribution in [2.75, 3.05) is 37.6 Å². The topological polar surface area (TPSA) is 91.3 Å². The summed E-state index contributed by atoms with van der Waals surface area (Å²) >= 11 is 0. The molecule has 0 unspecified atom stereocenters. The molecule has 0 aromatic carbocycles. The van der Waals surface area contributed by atoms with E-state index in [0.717, 1.165) is 24.9 Å². The van der Waals surface area contributed by atoms with E-state index in [-0.39, 0.29) is 24.7 Å². The summed E-state index contributed by atoms with van der Waals surface area (Å²) in [5, 5.41) is 10.9. The second kappa shape index (κ2) is 9.92. The summed E-state index contributed by atoms with van der Waals surface area (Å²) in [7, 11) is 0. The first kappa shape index (κ1) is 23.4. The van der Waals surface area contributed by atoms with Crippen LogP contribution in [0.2, 0.25) is 0 Å². The Kier molecular flexibility index (Phi) is 7.26. The van der Waals surface area contributed by atoms with Crippen molar-refractivity contribution in [1.82, 2.24) is 25.4 Å². The van der Waals surface area contributed by atoms with E-state index in [1.807, 2.05) is 4.90 Å². The largest absolute Gasteiger partial charge is 0.417 e. The predicted octanol–water partition coefficient (Wildman–Crippen LogP) is 2.63. The summed E-state index contributed by atoms with van der Waals surface area (Å²) in [6.07, 6.45) is -1.80. The summed E-state index contributed by atoms with van der Waals surface area (Å²) in [5.74, 6) is 0.0160. The molecule has 0 bridgehead atoms. The van der Waals surface area contributed by atoms with Crippen molar-refractivity contribution in [2.45, 2.75) is 26.4 Å². The van der Waals surface area contributed by atoms with Crippen molar-refractivity contribution in [3.05, 3.63) is 47.4 Å². The van der Waals surface area contributed by atoms with Crippen molar-refractivity contribution < 1.29 is 22.8 Å². The highest BCUT2D eigenvalue weighted by Crippen LogP contribution is 2.32. The number of anilines is 1. The maximum Gasteiger partial charge on any atom is 0.417 e. The molecule has 1 aliphatic heterocycles. The second-order valence-corrected chi connectivity index (χ2v) is 7.91. The van der Waals surface area contributed by atoms with Crippen LogP contribution in [0.3, 0.4) is 0 Å². The van der Waals surface area contributed by atoms with Crippen molar-refractivity contribution >= 4 is 17.6 Å². The maximum absolute atomic E-state index is 13.2. The molecule has 3 heterocycles. The molecular weight excluding hydrogens is 425 g/mol. The van der Waals surface area contributed by atoms with Crippen LogP contribution < -0.4 is 10.2 Å². The second-order valence-electron chi connectivity index (χ2n) is 7.91. The molecule has 0 aliphatic carbocycles. The Morgan fingerprint density at radius 2 is 1.81 bits per heavy atom. The van der Waals surface area contributed by atoms with Gasteiger partial charge in [0.2, 0.25) is 0 Å². The average molecular weight is 450 g/mol. The Morgan fingerprint density at radius 3 is 2.41 bits per heavy atom. The van der Waals surface area contributed by atoms with E-state index in [1.54, 1.807) is 12.1 Å². The summed E-state index contributed by atoms with van der Waals surface area (Å²) < 4.78 is 39.6. The summed E-state index contributed by atoms with van der Waals surface area (Å²) in [6, 6.07) is 4.06. The fraction of sp³-hybridized carbons (Fsp3) is 0.476. The minimum atomic E-state index is -4.63. The van der Waals surface area contributed by atoms with Gasteiger partial charge in [-0.05, 0) is 30.5 Å². The third kappa shape index (κ3) is 5.71. The molecule has 1 fully saturated rings. The number of piperazine rings is 1. The van der Waals surface area contributed by atoms with Gasteiger partial charge in [0, 0.05) is 45.1 Å². The number of nitrogens with one attached hydrogen (secondary N) is 1. The van der Waals surface area contributed by atoms with Crippen LogP contribution in [0.5, 0.6) is 0 Å². The van der Waals surface area contributed by atoms with Gasteiger partial charge in [0.05, 0.1) is 11.1 Å². The zero-order chi connectivity index (χ0) is 23.3. The van der Waals surface area contributed by atoms with Crippen LogP contribution in [0.25, 0.3) is 0 Å². The minimum Gasteiger partial charge on any atom is -0.352 e. The fourth-order valence-electron chi connectivity index (χ4n) is 3.30. The molecule has 1 aliphatic rings. The summed E-state index contributed by atoms with van der Waals surface area (Å²) in [4.78, 5) is 31.7. The molecule has 1 N–H and O–H groups in total. The van der Waals surface area contributed by atoms with Gasteiger partial charge in [-0.2, -0.15) is 13.2 Å². The Labute approximate surface area is 183 Å². The van der Waals surface area contributed by atoms with E-state index in [9.17, 15) is 22.8 Å². The van der Waals surface area contributed by atoms with Gasteiger partial charge < -0.3 is 15.1 Å². The average Bonchev–Trinajstić information content (AvgIpc) is 2.78. The van der Waals surface area contributed by atoms with Crippen LogP contribution in [0, 0.1) is 5.92 Å². The molecule has 2 aromatic heterocycles. The number of amides is 2. The number of alkyl halides is 3. The molecule has 11 heteroatoms. The van der Waals surface area contributed by atoms with E-state index >= 15 is 0 Å². The number of hydrogen-bond acceptors (Lipinski definition) is 6. The Balaban J connectivity index is 1.58. The predicted molar refractivity (Wildman–Crippen MR) is 111 cm³/mol. The molecule has 2 aromatic rings. The van der Waals surface area contributed by atoms with Gasteiger partial charge >= 0.3 is 6.18 Å². The zero-order valence-electron chi connectivity index (χ0n) is 17.9. The van der Waals surface area contributed by atoms with Gasteiger partial charge in [-0.1, -0.05) is 13.8 Å². The van der Waals surface area contributed by atoms with Gasteiger partial charge in [0.15, 0.2) is 11.5 Å². The van der Waals surface area contributed by atoms with Crippen LogP contribution in [-0.4, -0.2) is 64.6 Å². The lowest BCUT2D eigenvalue weighted by Gasteiger charge is -2.35. The standard InChI is InChI=1S/C21H25F3N6O2/c1-14(2)5-8-26-19(31)17-3-4-18(28-27-17)29-9-11-30(12-10-29)20(32)15-13-25-7-6-16(15)21(22,23)24/h3-4,6-7,13-14H,5,8-12H2,1-2H3,(H,26,31).